The predicted molar refractivity (Wildman–Crippen MR) is 165 cm³/mol. The van der Waals surface area contributed by atoms with Gasteiger partial charge in [-0.2, -0.15) is 4.68 Å². The number of ether oxygens (including phenoxy) is 1. The summed E-state index contributed by atoms with van der Waals surface area (Å²) in [5, 5.41) is 12.3. The molecule has 1 aromatic heterocycles. The fourth-order valence-corrected chi connectivity index (χ4v) is 8.73. The first kappa shape index (κ1) is 28.1. The Labute approximate surface area is 254 Å². The quantitative estimate of drug-likeness (QED) is 0.345. The SMILES string of the molecule is C[C@@H]1[C@H]2C[C@H](C[C@H]1NC(=O)c1c(-c3ccccc3Oc3ccccc3)nnn1C(=O)N1CCCC3CCCCC31)C2(C)C. The number of benzene rings is 2. The van der Waals surface area contributed by atoms with Gasteiger partial charge in [-0.05, 0) is 91.9 Å². The Morgan fingerprint density at radius 3 is 2.49 bits per heavy atom. The Morgan fingerprint density at radius 2 is 1.70 bits per heavy atom. The molecule has 226 valence electrons. The van der Waals surface area contributed by atoms with Crippen LogP contribution in [0.3, 0.4) is 0 Å². The minimum atomic E-state index is -0.295. The number of para-hydroxylation sites is 2. The second-order valence-corrected chi connectivity index (χ2v) is 13.9. The Morgan fingerprint density at radius 1 is 0.953 bits per heavy atom. The summed E-state index contributed by atoms with van der Waals surface area (Å²) in [6.07, 6.45) is 8.83. The van der Waals surface area contributed by atoms with Gasteiger partial charge in [-0.15, -0.1) is 5.10 Å². The van der Waals surface area contributed by atoms with Gasteiger partial charge in [0.05, 0.1) is 0 Å². The van der Waals surface area contributed by atoms with Crippen molar-refractivity contribution >= 4 is 11.9 Å². The molecule has 1 saturated heterocycles. The van der Waals surface area contributed by atoms with Crippen molar-refractivity contribution in [3.05, 3.63) is 60.3 Å². The molecule has 2 aromatic carbocycles. The fraction of sp³-hybridized carbons (Fsp3) is 0.543. The number of aromatic nitrogens is 3. The number of nitrogens with zero attached hydrogens (tertiary/aromatic N) is 4. The highest BCUT2D eigenvalue weighted by Crippen LogP contribution is 2.61. The van der Waals surface area contributed by atoms with Crippen LogP contribution >= 0.6 is 0 Å². The van der Waals surface area contributed by atoms with Crippen LogP contribution in [0, 0.1) is 29.1 Å². The molecule has 4 saturated carbocycles. The number of rotatable bonds is 5. The number of hydrogen-bond donors (Lipinski definition) is 1. The first-order valence-corrected chi connectivity index (χ1v) is 16.2. The van der Waals surface area contributed by atoms with Crippen LogP contribution in [-0.2, 0) is 0 Å². The summed E-state index contributed by atoms with van der Waals surface area (Å²) in [4.78, 5) is 30.6. The number of likely N-dealkylation sites (tertiary alicyclic amines) is 1. The van der Waals surface area contributed by atoms with Gasteiger partial charge in [-0.1, -0.05) is 69.2 Å². The largest absolute Gasteiger partial charge is 0.457 e. The van der Waals surface area contributed by atoms with Crippen molar-refractivity contribution in [2.45, 2.75) is 84.2 Å². The molecule has 5 aliphatic rings. The standard InChI is InChI=1S/C35H43N5O3/c1-22-27-20-24(35(27,2)3)21-28(22)36-33(41)32-31(26-16-8-10-18-30(26)43-25-14-5-4-6-15-25)37-38-40(32)34(42)39-19-11-13-23-12-7-9-17-29(23)39/h4-6,8,10,14-16,18,22-24,27-29H,7,9,11-13,17,19-21H2,1-3H3,(H,36,41)/t22-,23?,24-,27-,28-,29?/m1/s1. The number of carbonyl (C=O) groups excluding carboxylic acids is 2. The number of fused-ring (bicyclic) bond motifs is 3. The van der Waals surface area contributed by atoms with Crippen molar-refractivity contribution in [3.63, 3.8) is 0 Å². The number of piperidine rings is 1. The molecular weight excluding hydrogens is 538 g/mol. The van der Waals surface area contributed by atoms with Crippen molar-refractivity contribution in [1.29, 1.82) is 0 Å². The molecular formula is C35H43N5O3. The average molecular weight is 582 g/mol. The molecule has 2 unspecified atom stereocenters. The van der Waals surface area contributed by atoms with Crippen molar-refractivity contribution in [2.24, 2.45) is 29.1 Å². The zero-order valence-corrected chi connectivity index (χ0v) is 25.5. The maximum absolute atomic E-state index is 14.3. The first-order chi connectivity index (χ1) is 20.8. The third-order valence-electron chi connectivity index (χ3n) is 11.3. The third-order valence-corrected chi connectivity index (χ3v) is 11.3. The molecule has 2 heterocycles. The first-order valence-electron chi connectivity index (χ1n) is 16.2. The molecule has 5 fully saturated rings. The van der Waals surface area contributed by atoms with E-state index in [1.54, 1.807) is 0 Å². The van der Waals surface area contributed by atoms with Gasteiger partial charge in [0.1, 0.15) is 17.2 Å². The second kappa shape index (κ2) is 11.1. The van der Waals surface area contributed by atoms with Crippen LogP contribution in [-0.4, -0.2) is 50.5 Å². The summed E-state index contributed by atoms with van der Waals surface area (Å²) in [6.45, 7) is 7.66. The Bertz CT molecular complexity index is 1500. The van der Waals surface area contributed by atoms with Crippen molar-refractivity contribution in [1.82, 2.24) is 25.2 Å². The van der Waals surface area contributed by atoms with Crippen LogP contribution in [0.5, 0.6) is 11.5 Å². The lowest BCUT2D eigenvalue weighted by Gasteiger charge is -2.62. The van der Waals surface area contributed by atoms with Gasteiger partial charge in [-0.3, -0.25) is 4.79 Å². The third kappa shape index (κ3) is 4.92. The molecule has 0 spiro atoms. The van der Waals surface area contributed by atoms with Crippen molar-refractivity contribution < 1.29 is 14.3 Å². The molecule has 2 amide bonds. The van der Waals surface area contributed by atoms with Gasteiger partial charge in [0, 0.05) is 24.2 Å². The molecule has 1 N–H and O–H groups in total. The molecule has 1 aliphatic heterocycles. The lowest BCUT2D eigenvalue weighted by atomic mass is 9.45. The van der Waals surface area contributed by atoms with Crippen LogP contribution < -0.4 is 10.1 Å². The normalized spacial score (nSPS) is 29.2. The van der Waals surface area contributed by atoms with Gasteiger partial charge >= 0.3 is 6.03 Å². The van der Waals surface area contributed by atoms with E-state index in [1.165, 1.54) is 17.5 Å². The minimum Gasteiger partial charge on any atom is -0.457 e. The van der Waals surface area contributed by atoms with Crippen molar-refractivity contribution in [2.75, 3.05) is 6.54 Å². The van der Waals surface area contributed by atoms with Crippen LogP contribution in [0.25, 0.3) is 11.3 Å². The van der Waals surface area contributed by atoms with E-state index in [2.05, 4.69) is 36.4 Å². The smallest absolute Gasteiger partial charge is 0.347 e. The van der Waals surface area contributed by atoms with Gasteiger partial charge in [0.2, 0.25) is 0 Å². The molecule has 8 rings (SSSR count). The number of carbonyl (C=O) groups is 2. The lowest BCUT2D eigenvalue weighted by molar-refractivity contribution is -0.113. The highest BCUT2D eigenvalue weighted by atomic mass is 16.5. The Balaban J connectivity index is 1.25. The van der Waals surface area contributed by atoms with Crippen molar-refractivity contribution in [3.8, 4) is 22.8 Å². The maximum atomic E-state index is 14.3. The van der Waals surface area contributed by atoms with E-state index in [-0.39, 0.29) is 29.7 Å². The van der Waals surface area contributed by atoms with Crippen LogP contribution in [0.2, 0.25) is 0 Å². The summed E-state index contributed by atoms with van der Waals surface area (Å²) in [7, 11) is 0. The summed E-state index contributed by atoms with van der Waals surface area (Å²) >= 11 is 0. The minimum absolute atomic E-state index is 0.0455. The van der Waals surface area contributed by atoms with Crippen LogP contribution in [0.1, 0.15) is 82.6 Å². The average Bonchev–Trinajstić information content (AvgIpc) is 3.47. The number of nitrogens with one attached hydrogen (secondary N) is 1. The van der Waals surface area contributed by atoms with Gasteiger partial charge in [0.15, 0.2) is 5.69 Å². The van der Waals surface area contributed by atoms with E-state index >= 15 is 0 Å². The molecule has 6 atom stereocenters. The predicted octanol–water partition coefficient (Wildman–Crippen LogP) is 7.16. The Kier molecular flexibility index (Phi) is 7.26. The second-order valence-electron chi connectivity index (χ2n) is 13.9. The van der Waals surface area contributed by atoms with E-state index in [1.807, 2.05) is 59.5 Å². The van der Waals surface area contributed by atoms with E-state index in [9.17, 15) is 9.59 Å². The monoisotopic (exact) mass is 581 g/mol. The zero-order chi connectivity index (χ0) is 29.7. The highest BCUT2D eigenvalue weighted by Gasteiger charge is 2.56. The zero-order valence-electron chi connectivity index (χ0n) is 25.5. The van der Waals surface area contributed by atoms with Crippen LogP contribution in [0.15, 0.2) is 54.6 Å². The van der Waals surface area contributed by atoms with E-state index in [4.69, 9.17) is 4.74 Å². The van der Waals surface area contributed by atoms with E-state index in [0.717, 1.165) is 38.5 Å². The van der Waals surface area contributed by atoms with Gasteiger partial charge in [0.25, 0.3) is 5.91 Å². The van der Waals surface area contributed by atoms with E-state index in [0.29, 0.717) is 58.4 Å². The molecule has 0 radical (unpaired) electrons. The molecule has 2 bridgehead atoms. The summed E-state index contributed by atoms with van der Waals surface area (Å²) in [5.74, 6) is 2.99. The molecule has 8 nitrogen and oxygen atoms in total. The maximum Gasteiger partial charge on any atom is 0.347 e. The summed E-state index contributed by atoms with van der Waals surface area (Å²) in [5.41, 5.74) is 1.50. The van der Waals surface area contributed by atoms with Crippen LogP contribution in [0.4, 0.5) is 4.79 Å². The van der Waals surface area contributed by atoms with Gasteiger partial charge < -0.3 is 15.0 Å². The highest BCUT2D eigenvalue weighted by molar-refractivity contribution is 6.02. The summed E-state index contributed by atoms with van der Waals surface area (Å²) in [6, 6.07) is 17.1. The fourth-order valence-electron chi connectivity index (χ4n) is 8.73. The molecule has 8 heteroatoms. The number of hydrogen-bond acceptors (Lipinski definition) is 5. The molecule has 4 aliphatic carbocycles. The Hall–Kier alpha value is -3.68. The summed E-state index contributed by atoms with van der Waals surface area (Å²) < 4.78 is 7.54. The van der Waals surface area contributed by atoms with E-state index < -0.39 is 0 Å². The topological polar surface area (TPSA) is 89.3 Å². The molecule has 43 heavy (non-hydrogen) atoms. The molecule has 3 aromatic rings. The number of amides is 2. The van der Waals surface area contributed by atoms with Gasteiger partial charge in [-0.25, -0.2) is 4.79 Å². The lowest BCUT2D eigenvalue weighted by Crippen LogP contribution is -2.60.